The monoisotopic (exact) mass is 372 g/mol. The lowest BCUT2D eigenvalue weighted by Gasteiger charge is -2.37. The Morgan fingerprint density at radius 2 is 1.88 bits per heavy atom. The molecule has 3 heterocycles. The van der Waals surface area contributed by atoms with Gasteiger partial charge in [-0.05, 0) is 12.0 Å². The molecule has 0 spiro atoms. The van der Waals surface area contributed by atoms with E-state index in [-0.39, 0.29) is 10.8 Å². The molecule has 2 aromatic rings. The van der Waals surface area contributed by atoms with Gasteiger partial charge in [0.1, 0.15) is 5.69 Å². The number of rotatable bonds is 4. The van der Waals surface area contributed by atoms with E-state index < -0.39 is 0 Å². The molecular formula is C19H24N4O2S. The Balaban J connectivity index is 1.27. The topological polar surface area (TPSA) is 59.7 Å². The molecule has 7 heteroatoms. The number of hydrogen-bond donors (Lipinski definition) is 1. The van der Waals surface area contributed by atoms with Crippen molar-refractivity contribution < 1.29 is 4.79 Å². The van der Waals surface area contributed by atoms with E-state index in [0.717, 1.165) is 57.2 Å². The van der Waals surface area contributed by atoms with Crippen molar-refractivity contribution in [1.82, 2.24) is 19.7 Å². The van der Waals surface area contributed by atoms with Crippen LogP contribution in [0.3, 0.4) is 0 Å². The normalized spacial score (nSPS) is 22.0. The summed E-state index contributed by atoms with van der Waals surface area (Å²) in [7, 11) is 0. The Hall–Kier alpha value is -1.96. The number of amides is 1. The van der Waals surface area contributed by atoms with Gasteiger partial charge in [0.05, 0.1) is 0 Å². The lowest BCUT2D eigenvalue weighted by molar-refractivity contribution is 0.0568. The highest BCUT2D eigenvalue weighted by molar-refractivity contribution is 7.07. The van der Waals surface area contributed by atoms with Crippen LogP contribution in [0.4, 0.5) is 0 Å². The fraction of sp³-hybridized carbons (Fsp3) is 0.474. The quantitative estimate of drug-likeness (QED) is 0.883. The summed E-state index contributed by atoms with van der Waals surface area (Å²) in [5.41, 5.74) is 1.79. The fourth-order valence-electron chi connectivity index (χ4n) is 3.94. The molecule has 2 fully saturated rings. The van der Waals surface area contributed by atoms with Gasteiger partial charge in [0.25, 0.3) is 5.91 Å². The van der Waals surface area contributed by atoms with Gasteiger partial charge in [0.15, 0.2) is 0 Å². The number of aromatic nitrogens is 1. The molecule has 0 radical (unpaired) electrons. The van der Waals surface area contributed by atoms with Crippen LogP contribution in [-0.2, 0) is 6.54 Å². The highest BCUT2D eigenvalue weighted by Crippen LogP contribution is 2.20. The number of aromatic amines is 1. The maximum Gasteiger partial charge on any atom is 0.305 e. The predicted molar refractivity (Wildman–Crippen MR) is 103 cm³/mol. The first-order valence-corrected chi connectivity index (χ1v) is 10.0. The Kier molecular flexibility index (Phi) is 5.19. The van der Waals surface area contributed by atoms with Crippen LogP contribution in [0.25, 0.3) is 0 Å². The molecule has 1 amide bonds. The maximum absolute atomic E-state index is 12.4. The van der Waals surface area contributed by atoms with Crippen molar-refractivity contribution in [1.29, 1.82) is 0 Å². The number of likely N-dealkylation sites (tertiary alicyclic amines) is 1. The van der Waals surface area contributed by atoms with Crippen molar-refractivity contribution in [3.05, 3.63) is 56.6 Å². The second-order valence-corrected chi connectivity index (χ2v) is 7.90. The van der Waals surface area contributed by atoms with Crippen molar-refractivity contribution in [3.8, 4) is 0 Å². The van der Waals surface area contributed by atoms with Gasteiger partial charge in [-0.2, -0.15) is 0 Å². The first-order valence-electron chi connectivity index (χ1n) is 9.16. The summed E-state index contributed by atoms with van der Waals surface area (Å²) in [5, 5.41) is 1.62. The number of carbonyl (C=O) groups excluding carboxylic acids is 1. The molecule has 0 bridgehead atoms. The van der Waals surface area contributed by atoms with Gasteiger partial charge in [-0.3, -0.25) is 19.4 Å². The zero-order valence-corrected chi connectivity index (χ0v) is 15.6. The Morgan fingerprint density at radius 1 is 1.12 bits per heavy atom. The van der Waals surface area contributed by atoms with Crippen molar-refractivity contribution >= 4 is 17.2 Å². The second kappa shape index (κ2) is 7.73. The summed E-state index contributed by atoms with van der Waals surface area (Å²) < 4.78 is 0. The third-order valence-corrected chi connectivity index (χ3v) is 6.04. The van der Waals surface area contributed by atoms with Crippen LogP contribution in [0.2, 0.25) is 0 Å². The van der Waals surface area contributed by atoms with Gasteiger partial charge in [-0.15, -0.1) is 0 Å². The van der Waals surface area contributed by atoms with E-state index in [1.165, 1.54) is 12.0 Å². The smallest absolute Gasteiger partial charge is 0.305 e. The number of carbonyl (C=O) groups is 1. The summed E-state index contributed by atoms with van der Waals surface area (Å²) in [5.74, 6) is -0.0554. The minimum absolute atomic E-state index is 0.0554. The van der Waals surface area contributed by atoms with E-state index in [0.29, 0.717) is 11.7 Å². The lowest BCUT2D eigenvalue weighted by Crippen LogP contribution is -2.52. The zero-order chi connectivity index (χ0) is 17.9. The maximum atomic E-state index is 12.4. The zero-order valence-electron chi connectivity index (χ0n) is 14.8. The van der Waals surface area contributed by atoms with Gasteiger partial charge in [0.2, 0.25) is 0 Å². The van der Waals surface area contributed by atoms with Crippen LogP contribution in [0.15, 0.2) is 40.5 Å². The average molecular weight is 372 g/mol. The largest absolute Gasteiger partial charge is 0.335 e. The summed E-state index contributed by atoms with van der Waals surface area (Å²) >= 11 is 1.04. The Morgan fingerprint density at radius 3 is 2.58 bits per heavy atom. The molecule has 4 rings (SSSR count). The minimum Gasteiger partial charge on any atom is -0.335 e. The molecule has 26 heavy (non-hydrogen) atoms. The van der Waals surface area contributed by atoms with Gasteiger partial charge in [-0.1, -0.05) is 41.7 Å². The van der Waals surface area contributed by atoms with Gasteiger partial charge in [-0.25, -0.2) is 0 Å². The third-order valence-electron chi connectivity index (χ3n) is 5.37. The summed E-state index contributed by atoms with van der Waals surface area (Å²) in [6.07, 6.45) is 1.19. The number of piperazine rings is 1. The van der Waals surface area contributed by atoms with Crippen LogP contribution >= 0.6 is 11.3 Å². The lowest BCUT2D eigenvalue weighted by atomic mass is 10.2. The predicted octanol–water partition coefficient (Wildman–Crippen LogP) is 1.47. The molecule has 0 saturated carbocycles. The third kappa shape index (κ3) is 3.90. The molecule has 2 saturated heterocycles. The standard InChI is InChI=1S/C19H24N4O2S/c24-18(17-14-26-19(25)20-17)23-10-8-22(9-11-23)16-6-7-21(13-16)12-15-4-2-1-3-5-15/h1-5,14,16H,6-13H2,(H,20,25)/t16-/m0/s1. The van der Waals surface area contributed by atoms with E-state index in [9.17, 15) is 9.59 Å². The van der Waals surface area contributed by atoms with Crippen LogP contribution in [0.1, 0.15) is 22.5 Å². The van der Waals surface area contributed by atoms with Gasteiger partial charge in [0, 0.05) is 57.2 Å². The van der Waals surface area contributed by atoms with E-state index in [1.54, 1.807) is 5.38 Å². The summed E-state index contributed by atoms with van der Waals surface area (Å²) in [6, 6.07) is 11.2. The van der Waals surface area contributed by atoms with Crippen LogP contribution < -0.4 is 4.87 Å². The second-order valence-electron chi connectivity index (χ2n) is 7.05. The molecule has 0 unspecified atom stereocenters. The van der Waals surface area contributed by atoms with Crippen molar-refractivity contribution in [2.75, 3.05) is 39.3 Å². The number of H-pyrrole nitrogens is 1. The van der Waals surface area contributed by atoms with E-state index in [1.807, 2.05) is 4.90 Å². The van der Waals surface area contributed by atoms with Crippen LogP contribution in [-0.4, -0.2) is 70.9 Å². The number of benzene rings is 1. The molecule has 2 aliphatic heterocycles. The van der Waals surface area contributed by atoms with E-state index in [4.69, 9.17) is 0 Å². The molecule has 1 aromatic carbocycles. The first kappa shape index (κ1) is 17.5. The summed E-state index contributed by atoms with van der Waals surface area (Å²) in [4.78, 5) is 33.0. The molecule has 2 aliphatic rings. The highest BCUT2D eigenvalue weighted by Gasteiger charge is 2.31. The van der Waals surface area contributed by atoms with Gasteiger partial charge >= 0.3 is 4.87 Å². The fourth-order valence-corrected chi connectivity index (χ4v) is 4.49. The van der Waals surface area contributed by atoms with Crippen molar-refractivity contribution in [2.45, 2.75) is 19.0 Å². The number of nitrogens with zero attached hydrogens (tertiary/aromatic N) is 3. The van der Waals surface area contributed by atoms with E-state index >= 15 is 0 Å². The highest BCUT2D eigenvalue weighted by atomic mass is 32.1. The number of nitrogens with one attached hydrogen (secondary N) is 1. The molecule has 6 nitrogen and oxygen atoms in total. The van der Waals surface area contributed by atoms with Crippen molar-refractivity contribution in [3.63, 3.8) is 0 Å². The first-order chi connectivity index (χ1) is 12.7. The Labute approximate surface area is 157 Å². The molecule has 138 valence electrons. The van der Waals surface area contributed by atoms with E-state index in [2.05, 4.69) is 45.1 Å². The molecule has 1 aromatic heterocycles. The SMILES string of the molecule is O=C(c1csc(=O)[nH]1)N1CCN([C@H]2CCN(Cc3ccccc3)C2)CC1. The van der Waals surface area contributed by atoms with Crippen LogP contribution in [0.5, 0.6) is 0 Å². The minimum atomic E-state index is -0.170. The summed E-state index contributed by atoms with van der Waals surface area (Å²) in [6.45, 7) is 6.52. The number of hydrogen-bond acceptors (Lipinski definition) is 5. The van der Waals surface area contributed by atoms with Gasteiger partial charge < -0.3 is 9.88 Å². The van der Waals surface area contributed by atoms with Crippen molar-refractivity contribution in [2.24, 2.45) is 0 Å². The number of thiazole rings is 1. The molecule has 1 atom stereocenters. The molecule has 1 N–H and O–H groups in total. The molecular weight excluding hydrogens is 348 g/mol. The average Bonchev–Trinajstić information content (AvgIpc) is 3.31. The van der Waals surface area contributed by atoms with Crippen LogP contribution in [0, 0.1) is 0 Å². The Bertz CT molecular complexity index is 795. The molecule has 0 aliphatic carbocycles.